The van der Waals surface area contributed by atoms with E-state index in [9.17, 15) is 15.2 Å². The molecule has 7 heteroatoms. The molecule has 0 amide bonds. The van der Waals surface area contributed by atoms with E-state index in [1.165, 1.54) is 24.0 Å². The monoisotopic (exact) mass is 306 g/mol. The summed E-state index contributed by atoms with van der Waals surface area (Å²) < 4.78 is 0.563. The molecule has 2 atom stereocenters. The molecule has 0 fully saturated rings. The smallest absolute Gasteiger partial charge is 0.302 e. The van der Waals surface area contributed by atoms with E-state index in [0.717, 1.165) is 0 Å². The van der Waals surface area contributed by atoms with E-state index in [-0.39, 0.29) is 10.9 Å². The van der Waals surface area contributed by atoms with Gasteiger partial charge in [0, 0.05) is 22.0 Å². The molecule has 1 aromatic rings. The van der Waals surface area contributed by atoms with E-state index in [1.807, 2.05) is 0 Å². The van der Waals surface area contributed by atoms with Crippen LogP contribution >= 0.6 is 27.7 Å². The van der Waals surface area contributed by atoms with Gasteiger partial charge in [0.2, 0.25) is 0 Å². The summed E-state index contributed by atoms with van der Waals surface area (Å²) in [5.41, 5.74) is -0.0492. The van der Waals surface area contributed by atoms with Gasteiger partial charge in [-0.1, -0.05) is 18.7 Å². The Hall–Kier alpha value is -0.660. The van der Waals surface area contributed by atoms with Gasteiger partial charge in [-0.25, -0.2) is 4.98 Å². The normalized spacial score (nSPS) is 14.5. The van der Waals surface area contributed by atoms with Gasteiger partial charge in [-0.3, -0.25) is 10.1 Å². The Morgan fingerprint density at radius 1 is 1.62 bits per heavy atom. The maximum Gasteiger partial charge on any atom is 0.302 e. The minimum Gasteiger partial charge on any atom is -0.392 e. The topological polar surface area (TPSA) is 76.3 Å². The van der Waals surface area contributed by atoms with Crippen LogP contribution in [0.1, 0.15) is 13.8 Å². The molecule has 1 N–H and O–H groups in total. The van der Waals surface area contributed by atoms with Crippen LogP contribution in [0.5, 0.6) is 0 Å². The molecule has 0 aliphatic heterocycles. The summed E-state index contributed by atoms with van der Waals surface area (Å²) in [5, 5.41) is 20.3. The molecule has 16 heavy (non-hydrogen) atoms. The van der Waals surface area contributed by atoms with E-state index in [1.54, 1.807) is 13.8 Å². The Kier molecular flexibility index (Phi) is 4.69. The van der Waals surface area contributed by atoms with Crippen LogP contribution in [0.2, 0.25) is 0 Å². The summed E-state index contributed by atoms with van der Waals surface area (Å²) in [6, 6.07) is 1.41. The fraction of sp³-hybridized carbons (Fsp3) is 0.444. The average Bonchev–Trinajstić information content (AvgIpc) is 2.20. The van der Waals surface area contributed by atoms with E-state index in [0.29, 0.717) is 9.50 Å². The second-order valence-electron chi connectivity index (χ2n) is 3.30. The fourth-order valence-electron chi connectivity index (χ4n) is 0.912. The first-order chi connectivity index (χ1) is 7.41. The van der Waals surface area contributed by atoms with Crippen LogP contribution in [0.4, 0.5) is 5.69 Å². The number of thioether (sulfide) groups is 1. The first-order valence-corrected chi connectivity index (χ1v) is 6.23. The van der Waals surface area contributed by atoms with Crippen LogP contribution in [0.25, 0.3) is 0 Å². The largest absolute Gasteiger partial charge is 0.392 e. The summed E-state index contributed by atoms with van der Waals surface area (Å²) >= 11 is 4.33. The van der Waals surface area contributed by atoms with Crippen molar-refractivity contribution >= 4 is 33.4 Å². The summed E-state index contributed by atoms with van der Waals surface area (Å²) in [6.45, 7) is 3.44. The van der Waals surface area contributed by atoms with Gasteiger partial charge in [-0.15, -0.1) is 0 Å². The lowest BCUT2D eigenvalue weighted by Gasteiger charge is -2.13. The first-order valence-electron chi connectivity index (χ1n) is 4.56. The Labute approximate surface area is 106 Å². The Bertz CT molecular complexity index is 400. The fourth-order valence-corrected chi connectivity index (χ4v) is 2.15. The summed E-state index contributed by atoms with van der Waals surface area (Å²) in [5.74, 6) is 0. The molecule has 0 radical (unpaired) electrons. The van der Waals surface area contributed by atoms with Crippen molar-refractivity contribution in [1.29, 1.82) is 0 Å². The highest BCUT2D eigenvalue weighted by Crippen LogP contribution is 2.32. The molecule has 0 bridgehead atoms. The highest BCUT2D eigenvalue weighted by atomic mass is 79.9. The van der Waals surface area contributed by atoms with Crippen LogP contribution in [-0.4, -0.2) is 26.4 Å². The predicted molar refractivity (Wildman–Crippen MR) is 65.6 cm³/mol. The van der Waals surface area contributed by atoms with Crippen LogP contribution in [0.15, 0.2) is 21.8 Å². The third-order valence-electron chi connectivity index (χ3n) is 1.97. The van der Waals surface area contributed by atoms with Crippen molar-refractivity contribution in [3.05, 3.63) is 26.9 Å². The van der Waals surface area contributed by atoms with E-state index >= 15 is 0 Å². The zero-order valence-corrected chi connectivity index (χ0v) is 11.2. The lowest BCUT2D eigenvalue weighted by atomic mass is 10.3. The third-order valence-corrected chi connectivity index (χ3v) is 3.71. The van der Waals surface area contributed by atoms with Crippen LogP contribution in [0, 0.1) is 10.1 Å². The number of hydrogen-bond acceptors (Lipinski definition) is 5. The third kappa shape index (κ3) is 3.43. The van der Waals surface area contributed by atoms with Gasteiger partial charge >= 0.3 is 5.69 Å². The number of halogens is 1. The van der Waals surface area contributed by atoms with Crippen molar-refractivity contribution in [2.24, 2.45) is 0 Å². The standard InChI is InChI=1S/C9H11BrN2O3S/c1-5(13)6(2)16-9-8(12(14)15)3-7(10)4-11-9/h3-6,13H,1-2H3. The van der Waals surface area contributed by atoms with Gasteiger partial charge < -0.3 is 5.11 Å². The second-order valence-corrected chi connectivity index (χ2v) is 5.58. The molecule has 1 heterocycles. The number of hydrogen-bond donors (Lipinski definition) is 1. The van der Waals surface area contributed by atoms with E-state index < -0.39 is 11.0 Å². The number of nitrogens with zero attached hydrogens (tertiary/aromatic N) is 2. The number of pyridine rings is 1. The maximum absolute atomic E-state index is 10.8. The number of aromatic nitrogens is 1. The van der Waals surface area contributed by atoms with Crippen LogP contribution in [-0.2, 0) is 0 Å². The molecular formula is C9H11BrN2O3S. The molecule has 0 aromatic carbocycles. The predicted octanol–water partition coefficient (Wildman–Crippen LogP) is 2.61. The molecule has 0 saturated heterocycles. The number of aliphatic hydroxyl groups is 1. The Morgan fingerprint density at radius 2 is 2.25 bits per heavy atom. The molecular weight excluding hydrogens is 296 g/mol. The van der Waals surface area contributed by atoms with Crippen LogP contribution in [0.3, 0.4) is 0 Å². The number of aliphatic hydroxyl groups excluding tert-OH is 1. The van der Waals surface area contributed by atoms with Gasteiger partial charge in [0.1, 0.15) is 0 Å². The molecule has 88 valence electrons. The number of rotatable bonds is 4. The highest BCUT2D eigenvalue weighted by Gasteiger charge is 2.20. The molecule has 1 aromatic heterocycles. The first kappa shape index (κ1) is 13.4. The molecule has 2 unspecified atom stereocenters. The highest BCUT2D eigenvalue weighted by molar-refractivity contribution is 9.10. The summed E-state index contributed by atoms with van der Waals surface area (Å²) in [4.78, 5) is 14.3. The van der Waals surface area contributed by atoms with Gasteiger partial charge in [-0.2, -0.15) is 0 Å². The van der Waals surface area contributed by atoms with Crippen LogP contribution < -0.4 is 0 Å². The average molecular weight is 307 g/mol. The minimum absolute atomic E-state index is 0.0492. The lowest BCUT2D eigenvalue weighted by Crippen LogP contribution is -2.15. The quantitative estimate of drug-likeness (QED) is 0.525. The zero-order chi connectivity index (χ0) is 12.3. The zero-order valence-electron chi connectivity index (χ0n) is 8.75. The van der Waals surface area contributed by atoms with Crippen molar-refractivity contribution in [2.45, 2.75) is 30.2 Å². The van der Waals surface area contributed by atoms with Crippen molar-refractivity contribution in [3.8, 4) is 0 Å². The van der Waals surface area contributed by atoms with Gasteiger partial charge in [0.05, 0.1) is 11.0 Å². The van der Waals surface area contributed by atoms with Gasteiger partial charge in [-0.05, 0) is 22.9 Å². The van der Waals surface area contributed by atoms with E-state index in [2.05, 4.69) is 20.9 Å². The van der Waals surface area contributed by atoms with Gasteiger partial charge in [0.25, 0.3) is 0 Å². The van der Waals surface area contributed by atoms with Crippen molar-refractivity contribution in [3.63, 3.8) is 0 Å². The van der Waals surface area contributed by atoms with Crippen molar-refractivity contribution < 1.29 is 10.0 Å². The molecule has 0 aliphatic carbocycles. The summed E-state index contributed by atoms with van der Waals surface area (Å²) in [6.07, 6.45) is 0.958. The molecule has 0 spiro atoms. The van der Waals surface area contributed by atoms with Crippen molar-refractivity contribution in [2.75, 3.05) is 0 Å². The minimum atomic E-state index is -0.546. The lowest BCUT2D eigenvalue weighted by molar-refractivity contribution is -0.388. The maximum atomic E-state index is 10.8. The molecule has 0 saturated carbocycles. The summed E-state index contributed by atoms with van der Waals surface area (Å²) in [7, 11) is 0. The van der Waals surface area contributed by atoms with Crippen molar-refractivity contribution in [1.82, 2.24) is 4.98 Å². The second kappa shape index (κ2) is 5.60. The van der Waals surface area contributed by atoms with E-state index in [4.69, 9.17) is 0 Å². The van der Waals surface area contributed by atoms with Gasteiger partial charge in [0.15, 0.2) is 5.03 Å². The SMILES string of the molecule is CC(O)C(C)Sc1ncc(Br)cc1[N+](=O)[O-]. The molecule has 1 rings (SSSR count). The Balaban J connectivity index is 2.99. The Morgan fingerprint density at radius 3 is 2.75 bits per heavy atom. The number of nitro groups is 1. The molecule has 5 nitrogen and oxygen atoms in total. The molecule has 0 aliphatic rings.